The maximum absolute atomic E-state index is 12.3. The minimum Gasteiger partial charge on any atom is -0.339 e. The van der Waals surface area contributed by atoms with E-state index in [1.807, 2.05) is 29.5 Å². The highest BCUT2D eigenvalue weighted by Gasteiger charge is 2.21. The number of hydrogen-bond acceptors (Lipinski definition) is 6. The predicted molar refractivity (Wildman–Crippen MR) is 98.4 cm³/mol. The number of carbonyl (C=O) groups excluding carboxylic acids is 1. The molecule has 0 aliphatic carbocycles. The van der Waals surface area contributed by atoms with Crippen LogP contribution in [0.15, 0.2) is 28.0 Å². The van der Waals surface area contributed by atoms with E-state index in [4.69, 9.17) is 0 Å². The third kappa shape index (κ3) is 4.55. The summed E-state index contributed by atoms with van der Waals surface area (Å²) in [5, 5.41) is 2.02. The molecule has 0 aromatic carbocycles. The Balaban J connectivity index is 1.44. The van der Waals surface area contributed by atoms with Gasteiger partial charge in [-0.1, -0.05) is 17.8 Å². The molecule has 3 heterocycles. The SMILES string of the molecule is Cc1csc(SCC(=O)N2CCN(Cc3ncccc3C)CC2)n1. The van der Waals surface area contributed by atoms with Crippen molar-refractivity contribution in [1.29, 1.82) is 0 Å². The molecule has 0 atom stereocenters. The summed E-state index contributed by atoms with van der Waals surface area (Å²) in [5.41, 5.74) is 3.38. The number of thiazole rings is 1. The Kier molecular flexibility index (Phi) is 5.86. The molecule has 1 aliphatic rings. The molecule has 24 heavy (non-hydrogen) atoms. The van der Waals surface area contributed by atoms with Crippen LogP contribution in [0.4, 0.5) is 0 Å². The van der Waals surface area contributed by atoms with Crippen molar-refractivity contribution < 1.29 is 4.79 Å². The minimum absolute atomic E-state index is 0.210. The highest BCUT2D eigenvalue weighted by atomic mass is 32.2. The number of carbonyl (C=O) groups is 1. The standard InChI is InChI=1S/C17H22N4OS2/c1-13-4-3-5-18-15(13)10-20-6-8-21(9-7-20)16(22)12-24-17-19-14(2)11-23-17/h3-5,11H,6-10,12H2,1-2H3. The Morgan fingerprint density at radius 2 is 2.08 bits per heavy atom. The van der Waals surface area contributed by atoms with E-state index < -0.39 is 0 Å². The molecule has 3 rings (SSSR count). The number of aromatic nitrogens is 2. The van der Waals surface area contributed by atoms with Crippen molar-refractivity contribution in [3.8, 4) is 0 Å². The number of hydrogen-bond donors (Lipinski definition) is 0. The van der Waals surface area contributed by atoms with Crippen molar-refractivity contribution in [3.63, 3.8) is 0 Å². The summed E-state index contributed by atoms with van der Waals surface area (Å²) in [4.78, 5) is 25.5. The smallest absolute Gasteiger partial charge is 0.233 e. The molecule has 1 amide bonds. The molecule has 0 N–H and O–H groups in total. The maximum Gasteiger partial charge on any atom is 0.233 e. The lowest BCUT2D eigenvalue weighted by Gasteiger charge is -2.34. The molecule has 1 saturated heterocycles. The van der Waals surface area contributed by atoms with Gasteiger partial charge in [0.1, 0.15) is 0 Å². The first-order valence-corrected chi connectivity index (χ1v) is 9.94. The average Bonchev–Trinajstić information content (AvgIpc) is 3.01. The van der Waals surface area contributed by atoms with E-state index in [-0.39, 0.29) is 5.91 Å². The van der Waals surface area contributed by atoms with E-state index in [1.165, 1.54) is 5.56 Å². The number of aryl methyl sites for hydroxylation is 2. The summed E-state index contributed by atoms with van der Waals surface area (Å²) >= 11 is 3.15. The summed E-state index contributed by atoms with van der Waals surface area (Å²) in [5.74, 6) is 0.688. The number of amides is 1. The van der Waals surface area contributed by atoms with E-state index in [0.29, 0.717) is 5.75 Å². The maximum atomic E-state index is 12.3. The second kappa shape index (κ2) is 8.09. The third-order valence-electron chi connectivity index (χ3n) is 4.13. The van der Waals surface area contributed by atoms with Crippen molar-refractivity contribution >= 4 is 29.0 Å². The molecule has 1 fully saturated rings. The van der Waals surface area contributed by atoms with Gasteiger partial charge in [0.15, 0.2) is 4.34 Å². The van der Waals surface area contributed by atoms with Crippen molar-refractivity contribution in [2.24, 2.45) is 0 Å². The molecule has 2 aromatic heterocycles. The van der Waals surface area contributed by atoms with Gasteiger partial charge < -0.3 is 4.90 Å². The number of piperazine rings is 1. The van der Waals surface area contributed by atoms with Crippen LogP contribution in [-0.4, -0.2) is 57.6 Å². The molecule has 0 spiro atoms. The van der Waals surface area contributed by atoms with Gasteiger partial charge in [0.25, 0.3) is 0 Å². The Bertz CT molecular complexity index is 695. The first kappa shape index (κ1) is 17.4. The van der Waals surface area contributed by atoms with Crippen LogP contribution in [0.5, 0.6) is 0 Å². The quantitative estimate of drug-likeness (QED) is 0.765. The lowest BCUT2D eigenvalue weighted by molar-refractivity contribution is -0.130. The highest BCUT2D eigenvalue weighted by Crippen LogP contribution is 2.22. The molecule has 0 bridgehead atoms. The van der Waals surface area contributed by atoms with E-state index in [0.717, 1.165) is 48.5 Å². The van der Waals surface area contributed by atoms with Crippen LogP contribution in [0.2, 0.25) is 0 Å². The molecule has 2 aromatic rings. The summed E-state index contributed by atoms with van der Waals surface area (Å²) in [7, 11) is 0. The first-order valence-electron chi connectivity index (χ1n) is 8.07. The summed E-state index contributed by atoms with van der Waals surface area (Å²) < 4.78 is 0.977. The Hall–Kier alpha value is -1.44. The molecule has 0 radical (unpaired) electrons. The fraction of sp³-hybridized carbons (Fsp3) is 0.471. The van der Waals surface area contributed by atoms with Crippen LogP contribution in [0.3, 0.4) is 0 Å². The average molecular weight is 363 g/mol. The van der Waals surface area contributed by atoms with Crippen LogP contribution in [0, 0.1) is 13.8 Å². The molecule has 7 heteroatoms. The zero-order valence-electron chi connectivity index (χ0n) is 14.1. The molecule has 0 saturated carbocycles. The minimum atomic E-state index is 0.210. The zero-order chi connectivity index (χ0) is 16.9. The van der Waals surface area contributed by atoms with E-state index in [1.54, 1.807) is 23.1 Å². The van der Waals surface area contributed by atoms with Crippen molar-refractivity contribution in [3.05, 3.63) is 40.7 Å². The van der Waals surface area contributed by atoms with Gasteiger partial charge in [0.05, 0.1) is 11.4 Å². The second-order valence-corrected chi connectivity index (χ2v) is 8.05. The first-order chi connectivity index (χ1) is 11.6. The van der Waals surface area contributed by atoms with Gasteiger partial charge in [0, 0.05) is 50.0 Å². The van der Waals surface area contributed by atoms with Crippen LogP contribution in [0.25, 0.3) is 0 Å². The molecule has 128 valence electrons. The number of rotatable bonds is 5. The van der Waals surface area contributed by atoms with Crippen molar-refractivity contribution in [1.82, 2.24) is 19.8 Å². The van der Waals surface area contributed by atoms with Gasteiger partial charge in [-0.05, 0) is 25.5 Å². The molecule has 5 nitrogen and oxygen atoms in total. The lowest BCUT2D eigenvalue weighted by atomic mass is 10.2. The van der Waals surface area contributed by atoms with Gasteiger partial charge >= 0.3 is 0 Å². The van der Waals surface area contributed by atoms with E-state index >= 15 is 0 Å². The van der Waals surface area contributed by atoms with Gasteiger partial charge in [-0.25, -0.2) is 4.98 Å². The highest BCUT2D eigenvalue weighted by molar-refractivity contribution is 8.01. The Morgan fingerprint density at radius 3 is 2.75 bits per heavy atom. The fourth-order valence-electron chi connectivity index (χ4n) is 2.66. The topological polar surface area (TPSA) is 49.3 Å². The van der Waals surface area contributed by atoms with Crippen LogP contribution in [0.1, 0.15) is 17.0 Å². The van der Waals surface area contributed by atoms with Gasteiger partial charge in [-0.3, -0.25) is 14.7 Å². The van der Waals surface area contributed by atoms with Gasteiger partial charge in [-0.2, -0.15) is 0 Å². The van der Waals surface area contributed by atoms with Gasteiger partial charge in [-0.15, -0.1) is 11.3 Å². The normalized spacial score (nSPS) is 15.7. The fourth-order valence-corrected chi connectivity index (χ4v) is 4.42. The van der Waals surface area contributed by atoms with Crippen LogP contribution < -0.4 is 0 Å². The monoisotopic (exact) mass is 362 g/mol. The summed E-state index contributed by atoms with van der Waals surface area (Å²) in [6, 6.07) is 4.07. The molecule has 1 aliphatic heterocycles. The van der Waals surface area contributed by atoms with Crippen molar-refractivity contribution in [2.75, 3.05) is 31.9 Å². The lowest BCUT2D eigenvalue weighted by Crippen LogP contribution is -2.48. The molecular formula is C17H22N4OS2. The molecule has 0 unspecified atom stereocenters. The number of nitrogens with zero attached hydrogens (tertiary/aromatic N) is 4. The van der Waals surface area contributed by atoms with Crippen LogP contribution >= 0.6 is 23.1 Å². The second-order valence-electron chi connectivity index (χ2n) is 5.97. The summed E-state index contributed by atoms with van der Waals surface area (Å²) in [6.07, 6.45) is 1.85. The number of thioether (sulfide) groups is 1. The van der Waals surface area contributed by atoms with E-state index in [9.17, 15) is 4.79 Å². The third-order valence-corrected chi connectivity index (χ3v) is 6.26. The Morgan fingerprint density at radius 1 is 1.29 bits per heavy atom. The zero-order valence-corrected chi connectivity index (χ0v) is 15.7. The van der Waals surface area contributed by atoms with E-state index in [2.05, 4.69) is 27.9 Å². The number of pyridine rings is 1. The summed E-state index contributed by atoms with van der Waals surface area (Å²) in [6.45, 7) is 8.34. The Labute approximate surface area is 151 Å². The van der Waals surface area contributed by atoms with Gasteiger partial charge in [0.2, 0.25) is 5.91 Å². The predicted octanol–water partition coefficient (Wildman–Crippen LogP) is 2.59. The molecular weight excluding hydrogens is 340 g/mol. The van der Waals surface area contributed by atoms with Crippen LogP contribution in [-0.2, 0) is 11.3 Å². The largest absolute Gasteiger partial charge is 0.339 e. The van der Waals surface area contributed by atoms with Crippen molar-refractivity contribution in [2.45, 2.75) is 24.7 Å².